The number of aryl methyl sites for hydroxylation is 1. The number of hydrogen-bond acceptors (Lipinski definition) is 4. The van der Waals surface area contributed by atoms with Crippen molar-refractivity contribution in [3.05, 3.63) is 143 Å². The van der Waals surface area contributed by atoms with Gasteiger partial charge >= 0.3 is 6.18 Å². The highest BCUT2D eigenvalue weighted by atomic mass is 19.4. The average molecular weight is 667 g/mol. The second-order valence-electron chi connectivity index (χ2n) is 12.3. The van der Waals surface area contributed by atoms with Crippen molar-refractivity contribution in [1.29, 1.82) is 21.0 Å². The fraction of sp³-hybridized carbons (Fsp3) is 0.0476. The van der Waals surface area contributed by atoms with Crippen molar-refractivity contribution < 1.29 is 13.2 Å². The molecule has 0 radical (unpaired) electrons. The molecule has 2 heterocycles. The van der Waals surface area contributed by atoms with Crippen LogP contribution in [0.15, 0.2) is 109 Å². The van der Waals surface area contributed by atoms with E-state index in [1.165, 1.54) is 0 Å². The number of fused-ring (bicyclic) bond motifs is 6. The molecule has 0 aliphatic rings. The van der Waals surface area contributed by atoms with Gasteiger partial charge in [0.05, 0.1) is 85.5 Å². The van der Waals surface area contributed by atoms with Crippen LogP contribution in [0.4, 0.5) is 13.2 Å². The van der Waals surface area contributed by atoms with E-state index in [4.69, 9.17) is 0 Å². The maximum atomic E-state index is 15.2. The molecule has 0 aliphatic heterocycles. The van der Waals surface area contributed by atoms with Crippen LogP contribution in [0, 0.1) is 52.2 Å². The molecule has 0 saturated carbocycles. The lowest BCUT2D eigenvalue weighted by molar-refractivity contribution is -0.137. The zero-order chi connectivity index (χ0) is 35.6. The molecule has 0 N–H and O–H groups in total. The Labute approximate surface area is 288 Å². The summed E-state index contributed by atoms with van der Waals surface area (Å²) in [4.78, 5) is 0. The molecule has 8 aromatic rings. The average Bonchev–Trinajstić information content (AvgIpc) is 3.64. The minimum Gasteiger partial charge on any atom is -0.308 e. The Kier molecular flexibility index (Phi) is 6.91. The Morgan fingerprint density at radius 3 is 1.18 bits per heavy atom. The molecule has 6 aromatic carbocycles. The van der Waals surface area contributed by atoms with E-state index in [1.54, 1.807) is 81.9 Å². The highest BCUT2D eigenvalue weighted by Crippen LogP contribution is 2.45. The van der Waals surface area contributed by atoms with Crippen LogP contribution in [-0.4, -0.2) is 9.13 Å². The Balaban J connectivity index is 1.66. The fourth-order valence-corrected chi connectivity index (χ4v) is 7.06. The van der Waals surface area contributed by atoms with E-state index in [2.05, 4.69) is 24.3 Å². The standard InChI is InChI=1S/C42H21F3N6/c1-24-3-2-4-29(13-24)41-39(50-35-14-25(20-46)5-9-31(35)32-10-6-26(21-47)15-36(32)50)18-30(42(43,44)45)19-40(41)51-37-16-27(22-48)7-11-33(37)34-12-8-28(23-49)17-38(34)51/h2-19H,1H3. The Morgan fingerprint density at radius 2 is 0.863 bits per heavy atom. The number of nitrogens with zero attached hydrogens (tertiary/aromatic N) is 6. The smallest absolute Gasteiger partial charge is 0.308 e. The highest BCUT2D eigenvalue weighted by molar-refractivity contribution is 6.12. The first kappa shape index (κ1) is 31.0. The summed E-state index contributed by atoms with van der Waals surface area (Å²) in [7, 11) is 0. The molecule has 51 heavy (non-hydrogen) atoms. The van der Waals surface area contributed by atoms with Crippen LogP contribution in [0.1, 0.15) is 33.4 Å². The van der Waals surface area contributed by atoms with Crippen LogP contribution >= 0.6 is 0 Å². The van der Waals surface area contributed by atoms with Crippen molar-refractivity contribution in [2.24, 2.45) is 0 Å². The monoisotopic (exact) mass is 666 g/mol. The summed E-state index contributed by atoms with van der Waals surface area (Å²) in [5, 5.41) is 42.3. The topological polar surface area (TPSA) is 105 Å². The number of benzene rings is 6. The molecule has 0 unspecified atom stereocenters. The molecule has 0 bridgehead atoms. The lowest BCUT2D eigenvalue weighted by Gasteiger charge is -2.23. The maximum Gasteiger partial charge on any atom is 0.416 e. The molecule has 0 amide bonds. The number of nitriles is 4. The van der Waals surface area contributed by atoms with Gasteiger partial charge in [0.2, 0.25) is 0 Å². The number of rotatable bonds is 3. The van der Waals surface area contributed by atoms with Gasteiger partial charge in [0.1, 0.15) is 0 Å². The van der Waals surface area contributed by atoms with Crippen molar-refractivity contribution in [1.82, 2.24) is 9.13 Å². The predicted octanol–water partition coefficient (Wildman–Crippen LogP) is 10.4. The first-order valence-electron chi connectivity index (χ1n) is 15.7. The molecule has 0 fully saturated rings. The third kappa shape index (κ3) is 4.85. The number of aromatic nitrogens is 2. The Morgan fingerprint density at radius 1 is 0.490 bits per heavy atom. The van der Waals surface area contributed by atoms with Crippen LogP contribution in [0.5, 0.6) is 0 Å². The molecule has 0 atom stereocenters. The largest absolute Gasteiger partial charge is 0.416 e. The summed E-state index contributed by atoms with van der Waals surface area (Å²) in [6, 6.07) is 38.5. The molecule has 0 saturated heterocycles. The quantitative estimate of drug-likeness (QED) is 0.187. The minimum absolute atomic E-state index is 0.165. The van der Waals surface area contributed by atoms with E-state index in [1.807, 2.05) is 31.2 Å². The van der Waals surface area contributed by atoms with Gasteiger partial charge in [-0.15, -0.1) is 0 Å². The van der Waals surface area contributed by atoms with Crippen LogP contribution in [0.25, 0.3) is 66.1 Å². The van der Waals surface area contributed by atoms with E-state index in [-0.39, 0.29) is 11.4 Å². The zero-order valence-electron chi connectivity index (χ0n) is 26.7. The molecule has 240 valence electrons. The van der Waals surface area contributed by atoms with Gasteiger partial charge in [-0.2, -0.15) is 34.2 Å². The van der Waals surface area contributed by atoms with E-state index in [0.29, 0.717) is 77.0 Å². The highest BCUT2D eigenvalue weighted by Gasteiger charge is 2.34. The summed E-state index contributed by atoms with van der Waals surface area (Å²) in [6.45, 7) is 1.89. The lowest BCUT2D eigenvalue weighted by Crippen LogP contribution is -2.11. The number of halogens is 3. The molecule has 6 nitrogen and oxygen atoms in total. The van der Waals surface area contributed by atoms with Crippen molar-refractivity contribution in [3.63, 3.8) is 0 Å². The first-order valence-corrected chi connectivity index (χ1v) is 15.7. The number of hydrogen-bond donors (Lipinski definition) is 0. The second-order valence-corrected chi connectivity index (χ2v) is 12.3. The molecule has 0 aliphatic carbocycles. The van der Waals surface area contributed by atoms with Crippen LogP contribution in [-0.2, 0) is 6.18 Å². The van der Waals surface area contributed by atoms with Crippen molar-refractivity contribution >= 4 is 43.6 Å². The first-order chi connectivity index (χ1) is 24.6. The van der Waals surface area contributed by atoms with E-state index in [0.717, 1.165) is 17.7 Å². The predicted molar refractivity (Wildman–Crippen MR) is 189 cm³/mol. The van der Waals surface area contributed by atoms with Crippen molar-refractivity contribution in [2.45, 2.75) is 13.1 Å². The van der Waals surface area contributed by atoms with Gasteiger partial charge in [-0.1, -0.05) is 54.1 Å². The Bertz CT molecular complexity index is 2660. The van der Waals surface area contributed by atoms with Gasteiger partial charge in [-0.05, 0) is 73.2 Å². The summed E-state index contributed by atoms with van der Waals surface area (Å²) in [5.41, 5.74) is 4.49. The molecule has 0 spiro atoms. The summed E-state index contributed by atoms with van der Waals surface area (Å²) < 4.78 is 48.9. The molecule has 2 aromatic heterocycles. The normalized spacial score (nSPS) is 11.5. The fourth-order valence-electron chi connectivity index (χ4n) is 7.06. The molecular weight excluding hydrogens is 645 g/mol. The van der Waals surface area contributed by atoms with E-state index in [9.17, 15) is 21.0 Å². The van der Waals surface area contributed by atoms with Gasteiger partial charge in [0.25, 0.3) is 0 Å². The SMILES string of the molecule is Cc1cccc(-c2c(-n3c4cc(C#N)ccc4c4ccc(C#N)cc43)cc(C(F)(F)F)cc2-n2c3cc(C#N)ccc3c3ccc(C#N)cc32)c1. The van der Waals surface area contributed by atoms with Gasteiger partial charge < -0.3 is 9.13 Å². The van der Waals surface area contributed by atoms with Crippen molar-refractivity contribution in [2.75, 3.05) is 0 Å². The number of alkyl halides is 3. The van der Waals surface area contributed by atoms with Gasteiger partial charge in [0.15, 0.2) is 0 Å². The second kappa shape index (κ2) is 11.4. The Hall–Kier alpha value is -7.33. The third-order valence-corrected chi connectivity index (χ3v) is 9.26. The third-order valence-electron chi connectivity index (χ3n) is 9.26. The maximum absolute atomic E-state index is 15.2. The van der Waals surface area contributed by atoms with Gasteiger partial charge in [-0.3, -0.25) is 0 Å². The molecule has 9 heteroatoms. The van der Waals surface area contributed by atoms with Crippen LogP contribution < -0.4 is 0 Å². The minimum atomic E-state index is -4.79. The van der Waals surface area contributed by atoms with Gasteiger partial charge in [0, 0.05) is 27.1 Å². The van der Waals surface area contributed by atoms with Gasteiger partial charge in [-0.25, -0.2) is 0 Å². The summed E-state index contributed by atoms with van der Waals surface area (Å²) in [5.74, 6) is 0. The molecular formula is C42H21F3N6. The van der Waals surface area contributed by atoms with E-state index < -0.39 is 11.7 Å². The summed E-state index contributed by atoms with van der Waals surface area (Å²) in [6.07, 6.45) is -4.79. The summed E-state index contributed by atoms with van der Waals surface area (Å²) >= 11 is 0. The van der Waals surface area contributed by atoms with Crippen LogP contribution in [0.3, 0.4) is 0 Å². The lowest BCUT2D eigenvalue weighted by atomic mass is 9.96. The van der Waals surface area contributed by atoms with Crippen molar-refractivity contribution in [3.8, 4) is 46.8 Å². The molecule has 8 rings (SSSR count). The van der Waals surface area contributed by atoms with E-state index >= 15 is 13.2 Å². The van der Waals surface area contributed by atoms with Crippen LogP contribution in [0.2, 0.25) is 0 Å². The zero-order valence-corrected chi connectivity index (χ0v) is 26.7.